The van der Waals surface area contributed by atoms with E-state index in [4.69, 9.17) is 9.52 Å². The van der Waals surface area contributed by atoms with Gasteiger partial charge in [0, 0.05) is 29.8 Å². The van der Waals surface area contributed by atoms with E-state index in [1.54, 1.807) is 30.3 Å². The quantitative estimate of drug-likeness (QED) is 0.603. The first-order chi connectivity index (χ1) is 12.2. The number of carbonyl (C=O) groups is 2. The van der Waals surface area contributed by atoms with Crippen molar-refractivity contribution in [1.29, 1.82) is 0 Å². The molecule has 0 saturated heterocycles. The van der Waals surface area contributed by atoms with Crippen LogP contribution in [0.2, 0.25) is 0 Å². The number of aliphatic hydroxyl groups is 1. The Morgan fingerprint density at radius 1 is 1.00 bits per heavy atom. The molecule has 3 rings (SSSR count). The highest BCUT2D eigenvalue weighted by molar-refractivity contribution is 6.12. The Morgan fingerprint density at radius 2 is 1.76 bits per heavy atom. The van der Waals surface area contributed by atoms with Crippen LogP contribution in [0, 0.1) is 0 Å². The second-order valence-electron chi connectivity index (χ2n) is 5.51. The maximum absolute atomic E-state index is 12.4. The van der Waals surface area contributed by atoms with Crippen molar-refractivity contribution in [3.05, 3.63) is 65.9 Å². The van der Waals surface area contributed by atoms with E-state index < -0.39 is 0 Å². The molecular formula is C19H18N2O4. The summed E-state index contributed by atoms with van der Waals surface area (Å²) in [5, 5.41) is 15.0. The molecule has 1 heterocycles. The average Bonchev–Trinajstić information content (AvgIpc) is 3.06. The number of benzene rings is 2. The van der Waals surface area contributed by atoms with Crippen molar-refractivity contribution < 1.29 is 19.1 Å². The lowest BCUT2D eigenvalue weighted by Gasteiger charge is -2.07. The van der Waals surface area contributed by atoms with Crippen LogP contribution in [0.4, 0.5) is 5.69 Å². The first-order valence-electron chi connectivity index (χ1n) is 7.96. The molecule has 6 nitrogen and oxygen atoms in total. The number of fused-ring (bicyclic) bond motifs is 1. The highest BCUT2D eigenvalue weighted by atomic mass is 16.3. The van der Waals surface area contributed by atoms with Crippen molar-refractivity contribution in [1.82, 2.24) is 5.32 Å². The lowest BCUT2D eigenvalue weighted by atomic mass is 10.1. The predicted octanol–water partition coefficient (Wildman–Crippen LogP) is 2.80. The zero-order valence-electron chi connectivity index (χ0n) is 13.5. The van der Waals surface area contributed by atoms with Crippen LogP contribution in [-0.4, -0.2) is 30.1 Å². The summed E-state index contributed by atoms with van der Waals surface area (Å²) in [6.07, 6.45) is 1.95. The lowest BCUT2D eigenvalue weighted by Crippen LogP contribution is -2.24. The summed E-state index contributed by atoms with van der Waals surface area (Å²) in [6, 6.07) is 13.9. The molecule has 1 aromatic heterocycles. The van der Waals surface area contributed by atoms with Gasteiger partial charge in [-0.1, -0.05) is 18.2 Å². The van der Waals surface area contributed by atoms with Crippen molar-refractivity contribution in [3.8, 4) is 0 Å². The van der Waals surface area contributed by atoms with Gasteiger partial charge >= 0.3 is 0 Å². The Kier molecular flexibility index (Phi) is 5.11. The molecule has 0 bridgehead atoms. The maximum atomic E-state index is 12.4. The number of amides is 2. The molecule has 0 aliphatic heterocycles. The Balaban J connectivity index is 1.67. The number of furan rings is 1. The van der Waals surface area contributed by atoms with Crippen LogP contribution in [0.1, 0.15) is 27.1 Å². The minimum atomic E-state index is -0.273. The van der Waals surface area contributed by atoms with E-state index >= 15 is 0 Å². The number of hydrogen-bond acceptors (Lipinski definition) is 4. The highest BCUT2D eigenvalue weighted by Crippen LogP contribution is 2.22. The fourth-order valence-electron chi connectivity index (χ4n) is 2.44. The number of aliphatic hydroxyl groups excluding tert-OH is 1. The second kappa shape index (κ2) is 7.63. The average molecular weight is 338 g/mol. The van der Waals surface area contributed by atoms with Gasteiger partial charge in [-0.3, -0.25) is 9.59 Å². The standard InChI is InChI=1S/C19H18N2O4/c22-11-3-10-20-18(23)13-6-8-14(9-7-13)21-19(24)16-12-25-17-5-2-1-4-15(16)17/h1-2,4-9,12,22H,3,10-11H2,(H,20,23)(H,21,24). The Morgan fingerprint density at radius 3 is 2.52 bits per heavy atom. The first kappa shape index (κ1) is 16.7. The summed E-state index contributed by atoms with van der Waals surface area (Å²) in [5.41, 5.74) is 2.19. The largest absolute Gasteiger partial charge is 0.463 e. The third kappa shape index (κ3) is 3.87. The fraction of sp³-hybridized carbons (Fsp3) is 0.158. The minimum absolute atomic E-state index is 0.0357. The molecule has 3 aromatic rings. The number of nitrogens with one attached hydrogen (secondary N) is 2. The molecule has 2 aromatic carbocycles. The maximum Gasteiger partial charge on any atom is 0.259 e. The van der Waals surface area contributed by atoms with E-state index in [9.17, 15) is 9.59 Å². The van der Waals surface area contributed by atoms with E-state index in [0.717, 1.165) is 5.39 Å². The summed E-state index contributed by atoms with van der Waals surface area (Å²) < 4.78 is 5.37. The molecule has 2 amide bonds. The predicted molar refractivity (Wildman–Crippen MR) is 94.6 cm³/mol. The van der Waals surface area contributed by atoms with Gasteiger partial charge in [-0.25, -0.2) is 0 Å². The van der Waals surface area contributed by atoms with Gasteiger partial charge in [0.1, 0.15) is 11.8 Å². The third-order valence-corrected chi connectivity index (χ3v) is 3.75. The van der Waals surface area contributed by atoms with Crippen LogP contribution in [0.25, 0.3) is 11.0 Å². The summed E-state index contributed by atoms with van der Waals surface area (Å²) in [7, 11) is 0. The van der Waals surface area contributed by atoms with Gasteiger partial charge in [0.25, 0.3) is 11.8 Å². The molecule has 0 spiro atoms. The van der Waals surface area contributed by atoms with Crippen LogP contribution in [0.3, 0.4) is 0 Å². The molecular weight excluding hydrogens is 320 g/mol. The van der Waals surface area contributed by atoms with Crippen molar-refractivity contribution in [3.63, 3.8) is 0 Å². The van der Waals surface area contributed by atoms with Crippen molar-refractivity contribution in [2.24, 2.45) is 0 Å². The topological polar surface area (TPSA) is 91.6 Å². The van der Waals surface area contributed by atoms with Crippen LogP contribution in [0.5, 0.6) is 0 Å². The SMILES string of the molecule is O=C(NCCCO)c1ccc(NC(=O)c2coc3ccccc23)cc1. The first-order valence-corrected chi connectivity index (χ1v) is 7.96. The molecule has 0 atom stereocenters. The van der Waals surface area contributed by atoms with E-state index in [1.165, 1.54) is 6.26 Å². The highest BCUT2D eigenvalue weighted by Gasteiger charge is 2.13. The van der Waals surface area contributed by atoms with Crippen LogP contribution < -0.4 is 10.6 Å². The molecule has 0 unspecified atom stereocenters. The van der Waals surface area contributed by atoms with Crippen molar-refractivity contribution in [2.45, 2.75) is 6.42 Å². The molecule has 0 saturated carbocycles. The summed E-state index contributed by atoms with van der Waals surface area (Å²) in [5.74, 6) is -0.489. The molecule has 25 heavy (non-hydrogen) atoms. The Labute approximate surface area is 144 Å². The molecule has 0 aliphatic carbocycles. The number of carbonyl (C=O) groups excluding carboxylic acids is 2. The monoisotopic (exact) mass is 338 g/mol. The van der Waals surface area contributed by atoms with Crippen LogP contribution >= 0.6 is 0 Å². The van der Waals surface area contributed by atoms with E-state index in [2.05, 4.69) is 10.6 Å². The third-order valence-electron chi connectivity index (χ3n) is 3.75. The molecule has 3 N–H and O–H groups in total. The normalized spacial score (nSPS) is 10.6. The number of rotatable bonds is 6. The summed E-state index contributed by atoms with van der Waals surface area (Å²) >= 11 is 0. The number of hydrogen-bond donors (Lipinski definition) is 3. The van der Waals surface area contributed by atoms with Gasteiger partial charge in [-0.15, -0.1) is 0 Å². The van der Waals surface area contributed by atoms with Gasteiger partial charge < -0.3 is 20.2 Å². The number of para-hydroxylation sites is 1. The van der Waals surface area contributed by atoms with Crippen LogP contribution in [-0.2, 0) is 0 Å². The van der Waals surface area contributed by atoms with Gasteiger partial charge in [0.2, 0.25) is 0 Å². The molecule has 128 valence electrons. The molecule has 0 aliphatic rings. The van der Waals surface area contributed by atoms with Crippen molar-refractivity contribution in [2.75, 3.05) is 18.5 Å². The van der Waals surface area contributed by atoms with E-state index in [0.29, 0.717) is 35.4 Å². The Hall–Kier alpha value is -3.12. The molecule has 0 fully saturated rings. The van der Waals surface area contributed by atoms with Crippen molar-refractivity contribution >= 4 is 28.5 Å². The Bertz CT molecular complexity index is 884. The smallest absolute Gasteiger partial charge is 0.259 e. The van der Waals surface area contributed by atoms with Gasteiger partial charge in [0.05, 0.1) is 5.56 Å². The fourth-order valence-corrected chi connectivity index (χ4v) is 2.44. The second-order valence-corrected chi connectivity index (χ2v) is 5.51. The molecule has 0 radical (unpaired) electrons. The lowest BCUT2D eigenvalue weighted by molar-refractivity contribution is 0.0950. The van der Waals surface area contributed by atoms with Crippen LogP contribution in [0.15, 0.2) is 59.2 Å². The molecule has 6 heteroatoms. The minimum Gasteiger partial charge on any atom is -0.463 e. The number of anilines is 1. The zero-order valence-corrected chi connectivity index (χ0v) is 13.5. The van der Waals surface area contributed by atoms with Gasteiger partial charge in [0.15, 0.2) is 0 Å². The van der Waals surface area contributed by atoms with E-state index in [1.807, 2.05) is 18.2 Å². The summed E-state index contributed by atoms with van der Waals surface area (Å²) in [6.45, 7) is 0.454. The summed E-state index contributed by atoms with van der Waals surface area (Å²) in [4.78, 5) is 24.3. The van der Waals surface area contributed by atoms with E-state index in [-0.39, 0.29) is 18.4 Å². The van der Waals surface area contributed by atoms with Gasteiger partial charge in [-0.2, -0.15) is 0 Å². The van der Waals surface area contributed by atoms with Gasteiger partial charge in [-0.05, 0) is 36.8 Å². The zero-order chi connectivity index (χ0) is 17.6.